The molecule has 1 aliphatic rings. The van der Waals surface area contributed by atoms with Crippen molar-refractivity contribution in [1.29, 1.82) is 0 Å². The van der Waals surface area contributed by atoms with Gasteiger partial charge < -0.3 is 10.2 Å². The first-order valence-electron chi connectivity index (χ1n) is 7.00. The monoisotopic (exact) mass is 296 g/mol. The van der Waals surface area contributed by atoms with E-state index in [0.29, 0.717) is 23.4 Å². The smallest absolute Gasteiger partial charge is 0.271 e. The van der Waals surface area contributed by atoms with Gasteiger partial charge in [0.25, 0.3) is 5.91 Å². The van der Waals surface area contributed by atoms with Crippen LogP contribution >= 0.6 is 11.6 Å². The summed E-state index contributed by atoms with van der Waals surface area (Å²) in [7, 11) is 2.08. The Bertz CT molecular complexity index is 488. The van der Waals surface area contributed by atoms with Crippen LogP contribution in [0, 0.1) is 0 Å². The van der Waals surface area contributed by atoms with Crippen LogP contribution in [0.25, 0.3) is 0 Å². The van der Waals surface area contributed by atoms with Gasteiger partial charge in [0, 0.05) is 25.0 Å². The van der Waals surface area contributed by atoms with E-state index in [9.17, 15) is 4.79 Å². The molecule has 0 radical (unpaired) electrons. The van der Waals surface area contributed by atoms with Crippen LogP contribution in [0.15, 0.2) is 6.20 Å². The highest BCUT2D eigenvalue weighted by Gasteiger charge is 2.25. The Morgan fingerprint density at radius 2 is 2.25 bits per heavy atom. The van der Waals surface area contributed by atoms with Crippen molar-refractivity contribution in [3.63, 3.8) is 0 Å². The van der Waals surface area contributed by atoms with Gasteiger partial charge >= 0.3 is 0 Å². The summed E-state index contributed by atoms with van der Waals surface area (Å²) in [5.74, 6) is 0.568. The molecule has 0 saturated heterocycles. The maximum atomic E-state index is 12.1. The zero-order chi connectivity index (χ0) is 14.7. The number of carbonyl (C=O) groups is 1. The first-order valence-corrected chi connectivity index (χ1v) is 7.37. The molecule has 0 atom stereocenters. The van der Waals surface area contributed by atoms with Gasteiger partial charge in [0.05, 0.1) is 11.2 Å². The number of carbonyl (C=O) groups excluding carboxylic acids is 1. The summed E-state index contributed by atoms with van der Waals surface area (Å²) in [5, 5.41) is 3.16. The van der Waals surface area contributed by atoms with E-state index < -0.39 is 0 Å². The molecule has 1 heterocycles. The van der Waals surface area contributed by atoms with Crippen molar-refractivity contribution >= 4 is 17.5 Å². The van der Waals surface area contributed by atoms with Crippen molar-refractivity contribution in [3.8, 4) is 0 Å². The first-order chi connectivity index (χ1) is 9.49. The fourth-order valence-corrected chi connectivity index (χ4v) is 2.12. The fourth-order valence-electron chi connectivity index (χ4n) is 1.95. The molecule has 5 nitrogen and oxygen atoms in total. The molecule has 0 aromatic carbocycles. The van der Waals surface area contributed by atoms with Crippen molar-refractivity contribution in [2.24, 2.45) is 0 Å². The van der Waals surface area contributed by atoms with Crippen molar-refractivity contribution in [2.45, 2.75) is 38.6 Å². The first kappa shape index (κ1) is 15.2. The van der Waals surface area contributed by atoms with Crippen molar-refractivity contribution in [1.82, 2.24) is 20.2 Å². The molecular weight excluding hydrogens is 276 g/mol. The second-order valence-electron chi connectivity index (χ2n) is 5.55. The van der Waals surface area contributed by atoms with E-state index in [2.05, 4.69) is 27.2 Å². The molecule has 0 spiro atoms. The van der Waals surface area contributed by atoms with E-state index in [-0.39, 0.29) is 17.5 Å². The lowest BCUT2D eigenvalue weighted by molar-refractivity contribution is 0.0944. The Morgan fingerprint density at radius 3 is 2.85 bits per heavy atom. The van der Waals surface area contributed by atoms with E-state index in [1.807, 2.05) is 13.8 Å². The van der Waals surface area contributed by atoms with Crippen LogP contribution in [0.1, 0.15) is 48.9 Å². The number of nitrogens with one attached hydrogen (secondary N) is 1. The van der Waals surface area contributed by atoms with Gasteiger partial charge in [-0.05, 0) is 19.9 Å². The third-order valence-corrected chi connectivity index (χ3v) is 3.69. The highest BCUT2D eigenvalue weighted by atomic mass is 35.5. The summed E-state index contributed by atoms with van der Waals surface area (Å²) in [4.78, 5) is 22.7. The summed E-state index contributed by atoms with van der Waals surface area (Å²) in [6, 6.07) is 0.696. The number of halogens is 1. The lowest BCUT2D eigenvalue weighted by Gasteiger charge is -2.15. The molecule has 1 aromatic heterocycles. The van der Waals surface area contributed by atoms with E-state index in [1.165, 1.54) is 19.0 Å². The van der Waals surface area contributed by atoms with Crippen LogP contribution in [0.4, 0.5) is 0 Å². The normalized spacial score (nSPS) is 14.9. The van der Waals surface area contributed by atoms with E-state index >= 15 is 0 Å². The van der Waals surface area contributed by atoms with Gasteiger partial charge in [0.2, 0.25) is 0 Å². The standard InChI is InChI=1S/C14H21ClN4O/c1-9(2)13-17-8-11(15)12(18-13)14(20)16-6-7-19(3)10-4-5-10/h8-10H,4-7H2,1-3H3,(H,16,20). The third kappa shape index (κ3) is 3.90. The molecule has 6 heteroatoms. The summed E-state index contributed by atoms with van der Waals surface area (Å²) >= 11 is 6.00. The third-order valence-electron chi connectivity index (χ3n) is 3.41. The van der Waals surface area contributed by atoms with Crippen molar-refractivity contribution in [2.75, 3.05) is 20.1 Å². The maximum absolute atomic E-state index is 12.1. The minimum Gasteiger partial charge on any atom is -0.349 e. The summed E-state index contributed by atoms with van der Waals surface area (Å²) in [5.41, 5.74) is 0.263. The number of likely N-dealkylation sites (N-methyl/N-ethyl adjacent to an activating group) is 1. The Morgan fingerprint density at radius 1 is 1.55 bits per heavy atom. The number of hydrogen-bond donors (Lipinski definition) is 1. The number of hydrogen-bond acceptors (Lipinski definition) is 4. The highest BCUT2D eigenvalue weighted by Crippen LogP contribution is 2.24. The summed E-state index contributed by atoms with van der Waals surface area (Å²) in [6.07, 6.45) is 4.02. The van der Waals surface area contributed by atoms with Crippen molar-refractivity contribution in [3.05, 3.63) is 22.7 Å². The minimum atomic E-state index is -0.233. The second kappa shape index (κ2) is 6.50. The van der Waals surface area contributed by atoms with Crippen LogP contribution in [0.2, 0.25) is 5.02 Å². The minimum absolute atomic E-state index is 0.166. The zero-order valence-corrected chi connectivity index (χ0v) is 12.9. The molecule has 1 aromatic rings. The molecule has 20 heavy (non-hydrogen) atoms. The van der Waals surface area contributed by atoms with E-state index in [0.717, 1.165) is 6.54 Å². The van der Waals surface area contributed by atoms with E-state index in [1.54, 1.807) is 0 Å². The molecular formula is C14H21ClN4O. The van der Waals surface area contributed by atoms with E-state index in [4.69, 9.17) is 11.6 Å². The lowest BCUT2D eigenvalue weighted by atomic mass is 10.2. The Hall–Kier alpha value is -1.20. The van der Waals surface area contributed by atoms with Crippen LogP contribution < -0.4 is 5.32 Å². The zero-order valence-electron chi connectivity index (χ0n) is 12.2. The van der Waals surface area contributed by atoms with Gasteiger partial charge in [-0.3, -0.25) is 4.79 Å². The van der Waals surface area contributed by atoms with Gasteiger partial charge in [-0.25, -0.2) is 9.97 Å². The largest absolute Gasteiger partial charge is 0.349 e. The molecule has 1 aliphatic carbocycles. The van der Waals surface area contributed by atoms with Crippen LogP contribution in [0.3, 0.4) is 0 Å². The molecule has 0 aliphatic heterocycles. The van der Waals surface area contributed by atoms with Gasteiger partial charge in [-0.2, -0.15) is 0 Å². The summed E-state index contributed by atoms with van der Waals surface area (Å²) < 4.78 is 0. The molecule has 0 bridgehead atoms. The topological polar surface area (TPSA) is 58.1 Å². The highest BCUT2D eigenvalue weighted by molar-refractivity contribution is 6.33. The van der Waals surface area contributed by atoms with Gasteiger partial charge in [0.15, 0.2) is 0 Å². The van der Waals surface area contributed by atoms with Crippen LogP contribution in [-0.4, -0.2) is 47.0 Å². The molecule has 0 unspecified atom stereocenters. The van der Waals surface area contributed by atoms with Crippen LogP contribution in [0.5, 0.6) is 0 Å². The SMILES string of the molecule is CC(C)c1ncc(Cl)c(C(=O)NCCN(C)C2CC2)n1. The van der Waals surface area contributed by atoms with Gasteiger partial charge in [0.1, 0.15) is 11.5 Å². The molecule has 1 fully saturated rings. The van der Waals surface area contributed by atoms with Crippen LogP contribution in [-0.2, 0) is 0 Å². The maximum Gasteiger partial charge on any atom is 0.271 e. The van der Waals surface area contributed by atoms with Crippen molar-refractivity contribution < 1.29 is 4.79 Å². The van der Waals surface area contributed by atoms with Gasteiger partial charge in [-0.1, -0.05) is 25.4 Å². The predicted octanol–water partition coefficient (Wildman–Crippen LogP) is 2.08. The lowest BCUT2D eigenvalue weighted by Crippen LogP contribution is -2.34. The molecule has 1 N–H and O–H groups in total. The summed E-state index contributed by atoms with van der Waals surface area (Å²) in [6.45, 7) is 5.41. The fraction of sp³-hybridized carbons (Fsp3) is 0.643. The molecule has 2 rings (SSSR count). The second-order valence-corrected chi connectivity index (χ2v) is 5.95. The molecule has 110 valence electrons. The molecule has 1 saturated carbocycles. The Labute approximate surface area is 124 Å². The average molecular weight is 297 g/mol. The number of nitrogens with zero attached hydrogens (tertiary/aromatic N) is 3. The number of rotatable bonds is 6. The molecule has 1 amide bonds. The number of aromatic nitrogens is 2. The Kier molecular flexibility index (Phi) is 4.94. The predicted molar refractivity (Wildman–Crippen MR) is 79.1 cm³/mol. The Balaban J connectivity index is 1.92. The quantitative estimate of drug-likeness (QED) is 0.873. The number of amides is 1. The average Bonchev–Trinajstić information content (AvgIpc) is 3.22. The van der Waals surface area contributed by atoms with Gasteiger partial charge in [-0.15, -0.1) is 0 Å².